The Kier molecular flexibility index (Phi) is 6.96. The third-order valence-corrected chi connectivity index (χ3v) is 9.42. The number of ether oxygens (including phenoxy) is 2. The maximum Gasteiger partial charge on any atom is 0.305 e. The lowest BCUT2D eigenvalue weighted by molar-refractivity contribution is -0.383. The minimum atomic E-state index is -0.413. The highest BCUT2D eigenvalue weighted by molar-refractivity contribution is 5.69. The van der Waals surface area contributed by atoms with E-state index in [0.29, 0.717) is 36.5 Å². The van der Waals surface area contributed by atoms with Gasteiger partial charge in [-0.05, 0) is 67.6 Å². The van der Waals surface area contributed by atoms with E-state index in [1.807, 2.05) is 6.92 Å². The lowest BCUT2D eigenvalue weighted by atomic mass is 9.46. The maximum atomic E-state index is 12.0. The van der Waals surface area contributed by atoms with E-state index in [0.717, 1.165) is 51.4 Å². The molecule has 1 N–H and O–H groups in total. The van der Waals surface area contributed by atoms with Gasteiger partial charge in [0.2, 0.25) is 6.29 Å². The molecular formula is C26H42O6. The van der Waals surface area contributed by atoms with Gasteiger partial charge in [0.1, 0.15) is 11.9 Å². The molecule has 0 aromatic rings. The van der Waals surface area contributed by atoms with Crippen LogP contribution in [-0.2, 0) is 24.0 Å². The van der Waals surface area contributed by atoms with Crippen LogP contribution in [-0.4, -0.2) is 36.2 Å². The van der Waals surface area contributed by atoms with Crippen molar-refractivity contribution in [2.24, 2.45) is 34.5 Å². The van der Waals surface area contributed by atoms with Crippen molar-refractivity contribution >= 4 is 5.97 Å². The molecule has 4 rings (SSSR count). The third-order valence-electron chi connectivity index (χ3n) is 9.42. The lowest BCUT2D eigenvalue weighted by Gasteiger charge is -2.61. The van der Waals surface area contributed by atoms with Gasteiger partial charge in [-0.15, -0.1) is 0 Å². The molecule has 0 bridgehead atoms. The van der Waals surface area contributed by atoms with Gasteiger partial charge in [0.05, 0.1) is 12.7 Å². The lowest BCUT2D eigenvalue weighted by Crippen LogP contribution is -2.61. The molecule has 0 aromatic carbocycles. The quantitative estimate of drug-likeness (QED) is 0.250. The Bertz CT molecular complexity index is 708. The summed E-state index contributed by atoms with van der Waals surface area (Å²) in [5.74, 6) is 1.89. The van der Waals surface area contributed by atoms with Crippen molar-refractivity contribution in [2.45, 2.75) is 104 Å². The van der Waals surface area contributed by atoms with Gasteiger partial charge in [-0.25, -0.2) is 0 Å². The molecule has 9 atom stereocenters. The Balaban J connectivity index is 1.45. The zero-order chi connectivity index (χ0) is 23.1. The average molecular weight is 451 g/mol. The summed E-state index contributed by atoms with van der Waals surface area (Å²) in [5, 5.41) is 11.4. The van der Waals surface area contributed by atoms with Crippen LogP contribution >= 0.6 is 0 Å². The number of allylic oxidation sites excluding steroid dienone is 1. The topological polar surface area (TPSA) is 74.2 Å². The number of aliphatic hydroxyl groups excluding tert-OH is 1. The molecule has 6 heteroatoms. The fourth-order valence-electron chi connectivity index (χ4n) is 7.58. The first-order chi connectivity index (χ1) is 15.2. The molecule has 3 saturated carbocycles. The summed E-state index contributed by atoms with van der Waals surface area (Å²) in [6.45, 7) is 13.1. The molecule has 1 aliphatic heterocycles. The minimum Gasteiger partial charge on any atom is -0.462 e. The van der Waals surface area contributed by atoms with Crippen molar-refractivity contribution in [3.63, 3.8) is 0 Å². The molecule has 5 unspecified atom stereocenters. The second-order valence-corrected chi connectivity index (χ2v) is 11.2. The van der Waals surface area contributed by atoms with Gasteiger partial charge >= 0.3 is 5.97 Å². The van der Waals surface area contributed by atoms with Crippen LogP contribution in [0.2, 0.25) is 0 Å². The summed E-state index contributed by atoms with van der Waals surface area (Å²) in [5.41, 5.74) is -0.0193. The van der Waals surface area contributed by atoms with Crippen LogP contribution in [0, 0.1) is 34.5 Å². The number of aliphatic hydroxyl groups is 1. The number of esters is 1. The maximum absolute atomic E-state index is 12.0. The summed E-state index contributed by atoms with van der Waals surface area (Å²) in [6.07, 6.45) is 6.89. The number of hydrogen-bond donors (Lipinski definition) is 1. The van der Waals surface area contributed by atoms with Crippen LogP contribution < -0.4 is 0 Å². The third kappa shape index (κ3) is 4.12. The van der Waals surface area contributed by atoms with Crippen molar-refractivity contribution in [1.29, 1.82) is 0 Å². The molecule has 0 aromatic heterocycles. The van der Waals surface area contributed by atoms with Crippen molar-refractivity contribution in [1.82, 2.24) is 0 Å². The first kappa shape index (κ1) is 24.0. The molecule has 3 aliphatic carbocycles. The standard InChI is InChI=1S/C26H42O6/c1-6-8-16(3)31-32-23-14-17-13-20(27)24-18-9-10-21(30-22(28)7-2)25(18,4)12-11-19(24)26(17,5)15-29-23/h17-21,23-24,27H,3,6-15H2,1-2,4-5H3/t17?,18?,19?,20?,21-,23+,24?,25-,26-/m0/s1. The Morgan fingerprint density at radius 2 is 1.88 bits per heavy atom. The highest BCUT2D eigenvalue weighted by Crippen LogP contribution is 2.65. The van der Waals surface area contributed by atoms with Crippen LogP contribution in [0.1, 0.15) is 85.5 Å². The van der Waals surface area contributed by atoms with Crippen LogP contribution in [0.25, 0.3) is 0 Å². The predicted octanol–water partition coefficient (Wildman–Crippen LogP) is 5.15. The largest absolute Gasteiger partial charge is 0.462 e. The summed E-state index contributed by atoms with van der Waals surface area (Å²) < 4.78 is 12.0. The van der Waals surface area contributed by atoms with E-state index in [-0.39, 0.29) is 34.9 Å². The number of rotatable bonds is 7. The summed E-state index contributed by atoms with van der Waals surface area (Å²) in [6, 6.07) is 0. The average Bonchev–Trinajstić information content (AvgIpc) is 3.09. The van der Waals surface area contributed by atoms with Crippen molar-refractivity contribution < 1.29 is 29.1 Å². The Labute approximate surface area is 192 Å². The predicted molar refractivity (Wildman–Crippen MR) is 120 cm³/mol. The van der Waals surface area contributed by atoms with E-state index < -0.39 is 6.29 Å². The zero-order valence-electron chi connectivity index (χ0n) is 20.3. The van der Waals surface area contributed by atoms with Crippen molar-refractivity contribution in [3.05, 3.63) is 12.3 Å². The van der Waals surface area contributed by atoms with E-state index in [4.69, 9.17) is 19.2 Å². The molecular weight excluding hydrogens is 408 g/mol. The second kappa shape index (κ2) is 9.27. The van der Waals surface area contributed by atoms with E-state index in [2.05, 4.69) is 27.4 Å². The monoisotopic (exact) mass is 450 g/mol. The van der Waals surface area contributed by atoms with E-state index >= 15 is 0 Å². The van der Waals surface area contributed by atoms with Gasteiger partial charge in [-0.2, -0.15) is 4.89 Å². The number of fused-ring (bicyclic) bond motifs is 5. The van der Waals surface area contributed by atoms with Crippen LogP contribution in [0.4, 0.5) is 0 Å². The first-order valence-corrected chi connectivity index (χ1v) is 12.7. The fourth-order valence-corrected chi connectivity index (χ4v) is 7.58. The summed E-state index contributed by atoms with van der Waals surface area (Å²) in [7, 11) is 0. The molecule has 4 aliphatic rings. The molecule has 6 nitrogen and oxygen atoms in total. The van der Waals surface area contributed by atoms with Gasteiger partial charge < -0.3 is 19.5 Å². The zero-order valence-corrected chi connectivity index (χ0v) is 20.3. The molecule has 32 heavy (non-hydrogen) atoms. The van der Waals surface area contributed by atoms with E-state index in [1.165, 1.54) is 0 Å². The molecule has 0 spiro atoms. The smallest absolute Gasteiger partial charge is 0.305 e. The molecule has 0 amide bonds. The molecule has 182 valence electrons. The van der Waals surface area contributed by atoms with Crippen molar-refractivity contribution in [3.8, 4) is 0 Å². The highest BCUT2D eigenvalue weighted by atomic mass is 17.2. The second-order valence-electron chi connectivity index (χ2n) is 11.2. The van der Waals surface area contributed by atoms with E-state index in [9.17, 15) is 9.90 Å². The Morgan fingerprint density at radius 1 is 1.12 bits per heavy atom. The highest BCUT2D eigenvalue weighted by Gasteiger charge is 2.63. The molecule has 1 heterocycles. The van der Waals surface area contributed by atoms with Gasteiger partial charge in [0, 0.05) is 24.7 Å². The fraction of sp³-hybridized carbons (Fsp3) is 0.885. The van der Waals surface area contributed by atoms with E-state index in [1.54, 1.807) is 0 Å². The van der Waals surface area contributed by atoms with Crippen LogP contribution in [0.5, 0.6) is 0 Å². The normalized spacial score (nSPS) is 45.3. The number of carbonyl (C=O) groups is 1. The van der Waals surface area contributed by atoms with Gasteiger partial charge in [-0.1, -0.05) is 34.3 Å². The van der Waals surface area contributed by atoms with Gasteiger partial charge in [0.15, 0.2) is 0 Å². The Hall–Kier alpha value is -1.11. The van der Waals surface area contributed by atoms with Gasteiger partial charge in [0.25, 0.3) is 0 Å². The first-order valence-electron chi connectivity index (χ1n) is 12.7. The van der Waals surface area contributed by atoms with Crippen LogP contribution in [0.3, 0.4) is 0 Å². The number of hydrogen-bond acceptors (Lipinski definition) is 6. The minimum absolute atomic E-state index is 0.0176. The summed E-state index contributed by atoms with van der Waals surface area (Å²) in [4.78, 5) is 22.9. The SMILES string of the molecule is C=C(CCC)OO[C@@H]1CC2CC(O)C3C(CC[C@@]4(C)C3CC[C@@H]4OC(=O)CC)[C@@]2(C)CO1. The molecule has 4 fully saturated rings. The van der Waals surface area contributed by atoms with Gasteiger partial charge in [-0.3, -0.25) is 4.79 Å². The molecule has 0 radical (unpaired) electrons. The summed E-state index contributed by atoms with van der Waals surface area (Å²) >= 11 is 0. The molecule has 1 saturated heterocycles. The Morgan fingerprint density at radius 3 is 2.59 bits per heavy atom. The van der Waals surface area contributed by atoms with Crippen LogP contribution in [0.15, 0.2) is 12.3 Å². The van der Waals surface area contributed by atoms with Crippen molar-refractivity contribution in [2.75, 3.05) is 6.61 Å². The number of carbonyl (C=O) groups excluding carboxylic acids is 1.